The van der Waals surface area contributed by atoms with Gasteiger partial charge < -0.3 is 10.1 Å². The standard InChI is InChI=1S/C15H17ClN2OS/c1-10-6-11(16)2-5-14(10)19-8-13-9-20-15(18-13)7-17-12-3-4-12/h2,5-6,9,12,17H,3-4,7-8H2,1H3. The van der Waals surface area contributed by atoms with Gasteiger partial charge in [0.2, 0.25) is 0 Å². The molecule has 3 nitrogen and oxygen atoms in total. The van der Waals surface area contributed by atoms with Crippen LogP contribution in [-0.2, 0) is 13.2 Å². The molecule has 1 aromatic heterocycles. The number of aromatic nitrogens is 1. The zero-order chi connectivity index (χ0) is 13.9. The van der Waals surface area contributed by atoms with E-state index in [9.17, 15) is 0 Å². The minimum atomic E-state index is 0.502. The van der Waals surface area contributed by atoms with E-state index in [1.807, 2.05) is 25.1 Å². The van der Waals surface area contributed by atoms with E-state index in [2.05, 4.69) is 15.7 Å². The molecule has 1 saturated carbocycles. The summed E-state index contributed by atoms with van der Waals surface area (Å²) in [5.41, 5.74) is 2.03. The van der Waals surface area contributed by atoms with E-state index in [-0.39, 0.29) is 0 Å². The first-order chi connectivity index (χ1) is 9.70. The molecule has 0 radical (unpaired) electrons. The van der Waals surface area contributed by atoms with Crippen molar-refractivity contribution >= 4 is 22.9 Å². The zero-order valence-corrected chi connectivity index (χ0v) is 12.9. The van der Waals surface area contributed by atoms with Gasteiger partial charge in [0.15, 0.2) is 0 Å². The molecule has 0 amide bonds. The van der Waals surface area contributed by atoms with E-state index in [1.54, 1.807) is 11.3 Å². The molecule has 1 aliphatic carbocycles. The first-order valence-electron chi connectivity index (χ1n) is 6.76. The number of thiazole rings is 1. The lowest BCUT2D eigenvalue weighted by atomic mass is 10.2. The van der Waals surface area contributed by atoms with Gasteiger partial charge in [-0.3, -0.25) is 0 Å². The highest BCUT2D eigenvalue weighted by Gasteiger charge is 2.20. The normalized spacial score (nSPS) is 14.5. The van der Waals surface area contributed by atoms with Crippen LogP contribution in [0.5, 0.6) is 5.75 Å². The van der Waals surface area contributed by atoms with Crippen molar-refractivity contribution in [3.05, 3.63) is 44.9 Å². The molecule has 3 rings (SSSR count). The van der Waals surface area contributed by atoms with Crippen LogP contribution in [0.3, 0.4) is 0 Å². The Bertz CT molecular complexity index is 595. The number of hydrogen-bond donors (Lipinski definition) is 1. The topological polar surface area (TPSA) is 34.1 Å². The van der Waals surface area contributed by atoms with Crippen LogP contribution in [0.15, 0.2) is 23.6 Å². The van der Waals surface area contributed by atoms with E-state index in [1.165, 1.54) is 12.8 Å². The molecule has 0 bridgehead atoms. The van der Waals surface area contributed by atoms with Crippen molar-refractivity contribution < 1.29 is 4.74 Å². The van der Waals surface area contributed by atoms with Crippen molar-refractivity contribution in [3.63, 3.8) is 0 Å². The number of nitrogens with zero attached hydrogens (tertiary/aromatic N) is 1. The number of ether oxygens (including phenoxy) is 1. The highest BCUT2D eigenvalue weighted by Crippen LogP contribution is 2.23. The van der Waals surface area contributed by atoms with Gasteiger partial charge in [-0.1, -0.05) is 11.6 Å². The van der Waals surface area contributed by atoms with Crippen LogP contribution in [0, 0.1) is 6.92 Å². The monoisotopic (exact) mass is 308 g/mol. The maximum absolute atomic E-state index is 5.93. The Morgan fingerprint density at radius 2 is 2.30 bits per heavy atom. The summed E-state index contributed by atoms with van der Waals surface area (Å²) >= 11 is 7.62. The van der Waals surface area contributed by atoms with Crippen molar-refractivity contribution in [1.29, 1.82) is 0 Å². The van der Waals surface area contributed by atoms with Crippen LogP contribution in [0.1, 0.15) is 29.1 Å². The van der Waals surface area contributed by atoms with Crippen LogP contribution < -0.4 is 10.1 Å². The molecule has 0 atom stereocenters. The van der Waals surface area contributed by atoms with Crippen LogP contribution in [-0.4, -0.2) is 11.0 Å². The van der Waals surface area contributed by atoms with Crippen molar-refractivity contribution in [2.75, 3.05) is 0 Å². The average Bonchev–Trinajstić information content (AvgIpc) is 3.14. The Morgan fingerprint density at radius 3 is 3.05 bits per heavy atom. The van der Waals surface area contributed by atoms with Crippen LogP contribution >= 0.6 is 22.9 Å². The van der Waals surface area contributed by atoms with E-state index in [0.29, 0.717) is 6.61 Å². The quantitative estimate of drug-likeness (QED) is 0.878. The summed E-state index contributed by atoms with van der Waals surface area (Å²) in [6.45, 7) is 3.37. The lowest BCUT2D eigenvalue weighted by molar-refractivity contribution is 0.300. The molecule has 0 saturated heterocycles. The molecule has 1 fully saturated rings. The molecule has 1 heterocycles. The molecular weight excluding hydrogens is 292 g/mol. The molecular formula is C15H17ClN2OS. The van der Waals surface area contributed by atoms with Gasteiger partial charge in [0, 0.05) is 23.0 Å². The first-order valence-corrected chi connectivity index (χ1v) is 8.02. The highest BCUT2D eigenvalue weighted by atomic mass is 35.5. The van der Waals surface area contributed by atoms with E-state index in [0.717, 1.165) is 39.6 Å². The van der Waals surface area contributed by atoms with E-state index < -0.39 is 0 Å². The lowest BCUT2D eigenvalue weighted by Gasteiger charge is -2.07. The smallest absolute Gasteiger partial charge is 0.131 e. The number of hydrogen-bond acceptors (Lipinski definition) is 4. The maximum atomic E-state index is 5.93. The van der Waals surface area contributed by atoms with Crippen LogP contribution in [0.25, 0.3) is 0 Å². The summed E-state index contributed by atoms with van der Waals surface area (Å²) in [5, 5.41) is 7.39. The summed E-state index contributed by atoms with van der Waals surface area (Å²) in [5.74, 6) is 0.861. The number of nitrogens with one attached hydrogen (secondary N) is 1. The molecule has 0 aliphatic heterocycles. The third-order valence-corrected chi connectivity index (χ3v) is 4.36. The van der Waals surface area contributed by atoms with Gasteiger partial charge in [-0.15, -0.1) is 11.3 Å². The van der Waals surface area contributed by atoms with Crippen molar-refractivity contribution in [2.24, 2.45) is 0 Å². The summed E-state index contributed by atoms with van der Waals surface area (Å²) in [7, 11) is 0. The molecule has 1 aromatic carbocycles. The summed E-state index contributed by atoms with van der Waals surface area (Å²) in [6, 6.07) is 6.37. The lowest BCUT2D eigenvalue weighted by Crippen LogP contribution is -2.15. The third kappa shape index (κ3) is 3.72. The molecule has 1 aliphatic rings. The zero-order valence-electron chi connectivity index (χ0n) is 11.4. The van der Waals surface area contributed by atoms with E-state index >= 15 is 0 Å². The third-order valence-electron chi connectivity index (χ3n) is 3.23. The number of aryl methyl sites for hydroxylation is 1. The Balaban J connectivity index is 1.54. The van der Waals surface area contributed by atoms with Gasteiger partial charge >= 0.3 is 0 Å². The fourth-order valence-electron chi connectivity index (χ4n) is 1.94. The minimum absolute atomic E-state index is 0.502. The van der Waals surface area contributed by atoms with Gasteiger partial charge in [-0.25, -0.2) is 4.98 Å². The van der Waals surface area contributed by atoms with Gasteiger partial charge in [-0.2, -0.15) is 0 Å². The maximum Gasteiger partial charge on any atom is 0.131 e. The minimum Gasteiger partial charge on any atom is -0.487 e. The summed E-state index contributed by atoms with van der Waals surface area (Å²) < 4.78 is 5.79. The molecule has 20 heavy (non-hydrogen) atoms. The van der Waals surface area contributed by atoms with Gasteiger partial charge in [0.05, 0.1) is 5.69 Å². The van der Waals surface area contributed by atoms with E-state index in [4.69, 9.17) is 16.3 Å². The van der Waals surface area contributed by atoms with Crippen molar-refractivity contribution in [1.82, 2.24) is 10.3 Å². The van der Waals surface area contributed by atoms with Crippen molar-refractivity contribution in [3.8, 4) is 5.75 Å². The summed E-state index contributed by atoms with van der Waals surface area (Å²) in [4.78, 5) is 4.58. The Labute approximate surface area is 127 Å². The fraction of sp³-hybridized carbons (Fsp3) is 0.400. The first kappa shape index (κ1) is 13.9. The molecule has 106 valence electrons. The number of benzene rings is 1. The second-order valence-corrected chi connectivity index (χ2v) is 6.47. The summed E-state index contributed by atoms with van der Waals surface area (Å²) in [6.07, 6.45) is 2.61. The van der Waals surface area contributed by atoms with Gasteiger partial charge in [0.1, 0.15) is 17.4 Å². The Kier molecular flexibility index (Phi) is 4.24. The molecule has 2 aromatic rings. The number of halogens is 1. The molecule has 1 N–H and O–H groups in total. The molecule has 5 heteroatoms. The van der Waals surface area contributed by atoms with Gasteiger partial charge in [-0.05, 0) is 43.5 Å². The number of rotatable bonds is 6. The second kappa shape index (κ2) is 6.12. The van der Waals surface area contributed by atoms with Crippen LogP contribution in [0.2, 0.25) is 5.02 Å². The largest absolute Gasteiger partial charge is 0.487 e. The second-order valence-electron chi connectivity index (χ2n) is 5.09. The fourth-order valence-corrected chi connectivity index (χ4v) is 2.90. The predicted molar refractivity (Wildman–Crippen MR) is 82.5 cm³/mol. The average molecular weight is 309 g/mol. The molecule has 0 unspecified atom stereocenters. The Morgan fingerprint density at radius 1 is 1.45 bits per heavy atom. The van der Waals surface area contributed by atoms with Crippen molar-refractivity contribution in [2.45, 2.75) is 39.0 Å². The van der Waals surface area contributed by atoms with Gasteiger partial charge in [0.25, 0.3) is 0 Å². The molecule has 0 spiro atoms. The SMILES string of the molecule is Cc1cc(Cl)ccc1OCc1csc(CNC2CC2)n1. The van der Waals surface area contributed by atoms with Crippen LogP contribution in [0.4, 0.5) is 0 Å². The predicted octanol–water partition coefficient (Wildman–Crippen LogP) is 3.94. The highest BCUT2D eigenvalue weighted by molar-refractivity contribution is 7.09. The Hall–Kier alpha value is -1.10.